The summed E-state index contributed by atoms with van der Waals surface area (Å²) in [5, 5.41) is 5.46. The van der Waals surface area contributed by atoms with E-state index in [4.69, 9.17) is 4.74 Å². The maximum atomic E-state index is 13.0. The average molecular weight is 411 g/mol. The summed E-state index contributed by atoms with van der Waals surface area (Å²) in [6.07, 6.45) is 0.885. The summed E-state index contributed by atoms with van der Waals surface area (Å²) < 4.78 is 18.1. The topological polar surface area (TPSA) is 41.6 Å². The van der Waals surface area contributed by atoms with Gasteiger partial charge in [0.25, 0.3) is 0 Å². The van der Waals surface area contributed by atoms with Crippen molar-refractivity contribution in [3.63, 3.8) is 0 Å². The first kappa shape index (κ1) is 19.6. The summed E-state index contributed by atoms with van der Waals surface area (Å²) in [5.74, 6) is -0.223. The fourth-order valence-corrected chi connectivity index (χ4v) is 4.64. The lowest BCUT2D eigenvalue weighted by Crippen LogP contribution is -2.41. The molecule has 0 saturated heterocycles. The van der Waals surface area contributed by atoms with Gasteiger partial charge < -0.3 is 15.0 Å². The van der Waals surface area contributed by atoms with E-state index in [-0.39, 0.29) is 24.4 Å². The van der Waals surface area contributed by atoms with Crippen molar-refractivity contribution in [3.05, 3.63) is 87.4 Å². The van der Waals surface area contributed by atoms with Crippen molar-refractivity contribution in [1.82, 2.24) is 4.90 Å². The summed E-state index contributed by atoms with van der Waals surface area (Å²) in [4.78, 5) is 15.9. The molecule has 1 N–H and O–H groups in total. The van der Waals surface area contributed by atoms with Crippen LogP contribution in [0.5, 0.6) is 0 Å². The Hall–Kier alpha value is -2.70. The standard InChI is InChI=1S/C23H23FN2O2S/c1-28-15-22(27)26-12-10-21-20(11-13-29-21)23(26)17-4-8-19(9-5-17)25-14-16-2-6-18(24)7-3-16/h2-9,11,13,23,25H,10,12,14-15H2,1H3/t23-/m0/s1. The first-order chi connectivity index (χ1) is 14.2. The highest BCUT2D eigenvalue weighted by Crippen LogP contribution is 2.38. The van der Waals surface area contributed by atoms with E-state index in [0.717, 1.165) is 23.2 Å². The average Bonchev–Trinajstić information content (AvgIpc) is 3.22. The minimum Gasteiger partial charge on any atom is -0.381 e. The molecule has 1 aromatic heterocycles. The van der Waals surface area contributed by atoms with Crippen molar-refractivity contribution >= 4 is 22.9 Å². The number of thiophene rings is 1. The van der Waals surface area contributed by atoms with Gasteiger partial charge in [0.15, 0.2) is 0 Å². The van der Waals surface area contributed by atoms with E-state index in [1.165, 1.54) is 22.6 Å². The fraction of sp³-hybridized carbons (Fsp3) is 0.261. The van der Waals surface area contributed by atoms with Gasteiger partial charge in [-0.2, -0.15) is 0 Å². The number of ether oxygens (including phenoxy) is 1. The second-order valence-electron chi connectivity index (χ2n) is 7.07. The monoisotopic (exact) mass is 410 g/mol. The third-order valence-corrected chi connectivity index (χ3v) is 6.19. The number of carbonyl (C=O) groups excluding carboxylic acids is 1. The molecule has 0 radical (unpaired) electrons. The van der Waals surface area contributed by atoms with Crippen LogP contribution in [0.2, 0.25) is 0 Å². The van der Waals surface area contributed by atoms with Gasteiger partial charge in [-0.25, -0.2) is 4.39 Å². The smallest absolute Gasteiger partial charge is 0.249 e. The molecule has 1 amide bonds. The van der Waals surface area contributed by atoms with E-state index in [1.807, 2.05) is 17.0 Å². The van der Waals surface area contributed by atoms with Gasteiger partial charge in [0, 0.05) is 30.8 Å². The zero-order valence-corrected chi connectivity index (χ0v) is 17.0. The number of benzene rings is 2. The van der Waals surface area contributed by atoms with Gasteiger partial charge in [0.05, 0.1) is 6.04 Å². The molecule has 0 aliphatic carbocycles. The highest BCUT2D eigenvalue weighted by Gasteiger charge is 2.32. The number of halogens is 1. The number of hydrogen-bond donors (Lipinski definition) is 1. The van der Waals surface area contributed by atoms with Gasteiger partial charge in [0.2, 0.25) is 5.91 Å². The quantitative estimate of drug-likeness (QED) is 0.645. The summed E-state index contributed by atoms with van der Waals surface area (Å²) in [6, 6.07) is 16.7. The second kappa shape index (κ2) is 8.76. The van der Waals surface area contributed by atoms with E-state index in [2.05, 4.69) is 28.9 Å². The lowest BCUT2D eigenvalue weighted by molar-refractivity contribution is -0.137. The number of anilines is 1. The van der Waals surface area contributed by atoms with Gasteiger partial charge >= 0.3 is 0 Å². The van der Waals surface area contributed by atoms with Gasteiger partial charge in [-0.3, -0.25) is 4.79 Å². The highest BCUT2D eigenvalue weighted by atomic mass is 32.1. The summed E-state index contributed by atoms with van der Waals surface area (Å²) in [5.41, 5.74) is 4.29. The van der Waals surface area contributed by atoms with Gasteiger partial charge in [-0.15, -0.1) is 11.3 Å². The summed E-state index contributed by atoms with van der Waals surface area (Å²) in [7, 11) is 1.55. The third kappa shape index (κ3) is 4.33. The first-order valence-corrected chi connectivity index (χ1v) is 10.5. The van der Waals surface area contributed by atoms with Crippen LogP contribution < -0.4 is 5.32 Å². The molecule has 2 heterocycles. The van der Waals surface area contributed by atoms with Gasteiger partial charge in [-0.1, -0.05) is 24.3 Å². The Bertz CT molecular complexity index is 969. The lowest BCUT2D eigenvalue weighted by Gasteiger charge is -2.36. The minimum atomic E-state index is -0.231. The molecular weight excluding hydrogens is 387 g/mol. The number of fused-ring (bicyclic) bond motifs is 1. The third-order valence-electron chi connectivity index (χ3n) is 5.19. The Morgan fingerprint density at radius 1 is 1.17 bits per heavy atom. The van der Waals surface area contributed by atoms with Crippen LogP contribution in [-0.4, -0.2) is 31.1 Å². The summed E-state index contributed by atoms with van der Waals surface area (Å²) in [6.45, 7) is 1.41. The maximum Gasteiger partial charge on any atom is 0.249 e. The Kier molecular flexibility index (Phi) is 5.92. The first-order valence-electron chi connectivity index (χ1n) is 9.58. The predicted molar refractivity (Wildman–Crippen MR) is 114 cm³/mol. The zero-order chi connectivity index (χ0) is 20.2. The van der Waals surface area contributed by atoms with E-state index in [9.17, 15) is 9.18 Å². The SMILES string of the molecule is COCC(=O)N1CCc2sccc2[C@@H]1c1ccc(NCc2ccc(F)cc2)cc1. The number of rotatable bonds is 6. The minimum absolute atomic E-state index is 0.00728. The molecule has 0 spiro atoms. The normalized spacial score (nSPS) is 15.8. The molecule has 3 aromatic rings. The van der Waals surface area contributed by atoms with Crippen LogP contribution in [0.3, 0.4) is 0 Å². The molecule has 1 aliphatic rings. The van der Waals surface area contributed by atoms with Crippen LogP contribution in [0.15, 0.2) is 60.0 Å². The number of methoxy groups -OCH3 is 1. The Labute approximate surface area is 173 Å². The molecular formula is C23H23FN2O2S. The molecule has 0 unspecified atom stereocenters. The molecule has 4 nitrogen and oxygen atoms in total. The molecule has 0 saturated carbocycles. The van der Waals surface area contributed by atoms with Crippen LogP contribution >= 0.6 is 11.3 Å². The second-order valence-corrected chi connectivity index (χ2v) is 8.07. The van der Waals surface area contributed by atoms with Crippen LogP contribution in [0.1, 0.15) is 27.6 Å². The van der Waals surface area contributed by atoms with Crippen molar-refractivity contribution in [2.75, 3.05) is 25.6 Å². The summed E-state index contributed by atoms with van der Waals surface area (Å²) >= 11 is 1.75. The van der Waals surface area contributed by atoms with Crippen molar-refractivity contribution in [1.29, 1.82) is 0 Å². The largest absolute Gasteiger partial charge is 0.381 e. The Morgan fingerprint density at radius 3 is 2.66 bits per heavy atom. The van der Waals surface area contributed by atoms with Crippen LogP contribution in [0, 0.1) is 5.82 Å². The number of nitrogens with zero attached hydrogens (tertiary/aromatic N) is 1. The lowest BCUT2D eigenvalue weighted by atomic mass is 9.93. The molecule has 2 aromatic carbocycles. The van der Waals surface area contributed by atoms with E-state index in [1.54, 1.807) is 30.6 Å². The van der Waals surface area contributed by atoms with E-state index in [0.29, 0.717) is 13.1 Å². The predicted octanol–water partition coefficient (Wildman–Crippen LogP) is 4.62. The molecule has 1 atom stereocenters. The van der Waals surface area contributed by atoms with Crippen molar-refractivity contribution < 1.29 is 13.9 Å². The van der Waals surface area contributed by atoms with Gasteiger partial charge in [-0.05, 0) is 58.8 Å². The van der Waals surface area contributed by atoms with Crippen LogP contribution in [0.4, 0.5) is 10.1 Å². The van der Waals surface area contributed by atoms with Crippen molar-refractivity contribution in [2.24, 2.45) is 0 Å². The molecule has 0 fully saturated rings. The van der Waals surface area contributed by atoms with Crippen LogP contribution in [-0.2, 0) is 22.5 Å². The fourth-order valence-electron chi connectivity index (χ4n) is 3.74. The van der Waals surface area contributed by atoms with Gasteiger partial charge in [0.1, 0.15) is 12.4 Å². The number of hydrogen-bond acceptors (Lipinski definition) is 4. The van der Waals surface area contributed by atoms with Crippen molar-refractivity contribution in [3.8, 4) is 0 Å². The van der Waals surface area contributed by atoms with E-state index >= 15 is 0 Å². The van der Waals surface area contributed by atoms with Crippen LogP contribution in [0.25, 0.3) is 0 Å². The number of nitrogens with one attached hydrogen (secondary N) is 1. The molecule has 0 bridgehead atoms. The van der Waals surface area contributed by atoms with E-state index < -0.39 is 0 Å². The Balaban J connectivity index is 1.53. The molecule has 4 rings (SSSR count). The molecule has 29 heavy (non-hydrogen) atoms. The van der Waals surface area contributed by atoms with Crippen molar-refractivity contribution in [2.45, 2.75) is 19.0 Å². The maximum absolute atomic E-state index is 13.0. The molecule has 6 heteroatoms. The highest BCUT2D eigenvalue weighted by molar-refractivity contribution is 7.10. The number of amides is 1. The zero-order valence-electron chi connectivity index (χ0n) is 16.2. The Morgan fingerprint density at radius 2 is 1.93 bits per heavy atom. The molecule has 1 aliphatic heterocycles. The number of carbonyl (C=O) groups is 1. The molecule has 150 valence electrons.